The van der Waals surface area contributed by atoms with Gasteiger partial charge in [-0.15, -0.1) is 10.2 Å². The predicted molar refractivity (Wildman–Crippen MR) is 85.3 cm³/mol. The highest BCUT2D eigenvalue weighted by Crippen LogP contribution is 2.28. The average molecular weight is 304 g/mol. The molecule has 1 unspecified atom stereocenters. The number of hydrogen-bond donors (Lipinski definition) is 2. The van der Waals surface area contributed by atoms with Crippen molar-refractivity contribution in [3.8, 4) is 0 Å². The molecule has 21 heavy (non-hydrogen) atoms. The molecule has 5 nitrogen and oxygen atoms in total. The highest BCUT2D eigenvalue weighted by atomic mass is 32.1. The highest BCUT2D eigenvalue weighted by Gasteiger charge is 2.22. The molecule has 1 aromatic heterocycles. The Labute approximate surface area is 128 Å². The van der Waals surface area contributed by atoms with Crippen molar-refractivity contribution >= 4 is 22.4 Å². The quantitative estimate of drug-likeness (QED) is 0.913. The molecule has 1 atom stereocenters. The molecule has 0 radical (unpaired) electrons. The fraction of sp³-hybridized carbons (Fsp3) is 0.400. The summed E-state index contributed by atoms with van der Waals surface area (Å²) in [6.07, 6.45) is 0. The van der Waals surface area contributed by atoms with Crippen molar-refractivity contribution in [3.63, 3.8) is 0 Å². The first-order chi connectivity index (χ1) is 9.77. The molecule has 2 rings (SSSR count). The molecule has 0 saturated carbocycles. The van der Waals surface area contributed by atoms with Crippen molar-refractivity contribution in [1.82, 2.24) is 10.2 Å². The summed E-state index contributed by atoms with van der Waals surface area (Å²) in [7, 11) is 0. The van der Waals surface area contributed by atoms with Gasteiger partial charge in [0.05, 0.1) is 0 Å². The van der Waals surface area contributed by atoms with Crippen LogP contribution in [-0.4, -0.2) is 16.1 Å². The van der Waals surface area contributed by atoms with Gasteiger partial charge >= 0.3 is 0 Å². The second kappa shape index (κ2) is 5.91. The molecule has 0 fully saturated rings. The van der Waals surface area contributed by atoms with E-state index in [0.29, 0.717) is 5.13 Å². The maximum Gasteiger partial charge on any atom is 0.247 e. The van der Waals surface area contributed by atoms with Crippen LogP contribution in [0.25, 0.3) is 0 Å². The average Bonchev–Trinajstić information content (AvgIpc) is 2.87. The molecule has 2 aromatic rings. The molecule has 0 spiro atoms. The topological polar surface area (TPSA) is 80.9 Å². The van der Waals surface area contributed by atoms with Crippen molar-refractivity contribution in [2.45, 2.75) is 39.2 Å². The Balaban J connectivity index is 2.07. The minimum Gasteiger partial charge on any atom is -0.316 e. The SMILES string of the molecule is Cc1ccc(C(N)C(=O)Nc2nnc(C(C)(C)C)s2)cc1. The standard InChI is InChI=1S/C15H20N4OS/c1-9-5-7-10(8-6-9)11(16)12(20)17-14-19-18-13(21-14)15(2,3)4/h5-8,11H,16H2,1-4H3,(H,17,19,20). The molecule has 0 aliphatic heterocycles. The lowest BCUT2D eigenvalue weighted by atomic mass is 9.98. The van der Waals surface area contributed by atoms with Gasteiger partial charge in [0.2, 0.25) is 11.0 Å². The van der Waals surface area contributed by atoms with E-state index in [-0.39, 0.29) is 11.3 Å². The number of aromatic nitrogens is 2. The van der Waals surface area contributed by atoms with Gasteiger partial charge in [0.1, 0.15) is 11.0 Å². The summed E-state index contributed by atoms with van der Waals surface area (Å²) in [6.45, 7) is 8.15. The molecule has 1 heterocycles. The van der Waals surface area contributed by atoms with Crippen LogP contribution in [0.2, 0.25) is 0 Å². The second-order valence-corrected chi connectivity index (χ2v) is 7.02. The lowest BCUT2D eigenvalue weighted by Crippen LogP contribution is -2.27. The molecule has 1 aromatic carbocycles. The van der Waals surface area contributed by atoms with Gasteiger partial charge in [-0.1, -0.05) is 61.9 Å². The van der Waals surface area contributed by atoms with Gasteiger partial charge in [-0.05, 0) is 12.5 Å². The number of carbonyl (C=O) groups is 1. The number of anilines is 1. The zero-order valence-electron chi connectivity index (χ0n) is 12.7. The predicted octanol–water partition coefficient (Wildman–Crippen LogP) is 2.78. The highest BCUT2D eigenvalue weighted by molar-refractivity contribution is 7.15. The third-order valence-corrected chi connectivity index (χ3v) is 4.28. The van der Waals surface area contributed by atoms with Gasteiger partial charge in [0, 0.05) is 5.41 Å². The van der Waals surface area contributed by atoms with Gasteiger partial charge in [-0.2, -0.15) is 0 Å². The monoisotopic (exact) mass is 304 g/mol. The molecule has 1 amide bonds. The summed E-state index contributed by atoms with van der Waals surface area (Å²) in [5.41, 5.74) is 7.80. The summed E-state index contributed by atoms with van der Waals surface area (Å²) in [6, 6.07) is 6.88. The number of amides is 1. The van der Waals surface area contributed by atoms with E-state index in [4.69, 9.17) is 5.73 Å². The molecule has 0 bridgehead atoms. The van der Waals surface area contributed by atoms with Crippen LogP contribution in [0.3, 0.4) is 0 Å². The van der Waals surface area contributed by atoms with Crippen LogP contribution in [0.4, 0.5) is 5.13 Å². The van der Waals surface area contributed by atoms with Crippen LogP contribution >= 0.6 is 11.3 Å². The van der Waals surface area contributed by atoms with Crippen LogP contribution in [0.15, 0.2) is 24.3 Å². The van der Waals surface area contributed by atoms with Gasteiger partial charge in [0.15, 0.2) is 0 Å². The van der Waals surface area contributed by atoms with E-state index in [1.54, 1.807) is 0 Å². The number of hydrogen-bond acceptors (Lipinski definition) is 5. The van der Waals surface area contributed by atoms with E-state index >= 15 is 0 Å². The van der Waals surface area contributed by atoms with E-state index in [9.17, 15) is 4.79 Å². The fourth-order valence-electron chi connectivity index (χ4n) is 1.69. The smallest absolute Gasteiger partial charge is 0.247 e. The summed E-state index contributed by atoms with van der Waals surface area (Å²) in [5.74, 6) is -0.282. The number of nitrogens with zero attached hydrogens (tertiary/aromatic N) is 2. The molecule has 112 valence electrons. The molecule has 3 N–H and O–H groups in total. The Bertz CT molecular complexity index is 628. The van der Waals surface area contributed by atoms with Gasteiger partial charge in [-0.25, -0.2) is 0 Å². The minimum absolute atomic E-state index is 0.0836. The van der Waals surface area contributed by atoms with Crippen LogP contribution < -0.4 is 11.1 Å². The lowest BCUT2D eigenvalue weighted by Gasteiger charge is -2.12. The fourth-order valence-corrected chi connectivity index (χ4v) is 2.49. The number of rotatable bonds is 3. The van der Waals surface area contributed by atoms with E-state index < -0.39 is 6.04 Å². The summed E-state index contributed by atoms with van der Waals surface area (Å²) >= 11 is 1.37. The molecule has 0 saturated heterocycles. The van der Waals surface area contributed by atoms with E-state index in [2.05, 4.69) is 36.3 Å². The van der Waals surface area contributed by atoms with Crippen molar-refractivity contribution in [1.29, 1.82) is 0 Å². The first-order valence-electron chi connectivity index (χ1n) is 6.74. The van der Waals surface area contributed by atoms with Crippen LogP contribution in [0, 0.1) is 6.92 Å². The Morgan fingerprint density at radius 1 is 1.24 bits per heavy atom. The Hall–Kier alpha value is -1.79. The minimum atomic E-state index is -0.715. The van der Waals surface area contributed by atoms with Crippen molar-refractivity contribution in [2.24, 2.45) is 5.73 Å². The number of nitrogens with two attached hydrogens (primary N) is 1. The lowest BCUT2D eigenvalue weighted by molar-refractivity contribution is -0.117. The number of aryl methyl sites for hydroxylation is 1. The first-order valence-corrected chi connectivity index (χ1v) is 7.56. The molecular weight excluding hydrogens is 284 g/mol. The van der Waals surface area contributed by atoms with Crippen LogP contribution in [0.5, 0.6) is 0 Å². The number of benzene rings is 1. The third-order valence-electron chi connectivity index (χ3n) is 3.02. The van der Waals surface area contributed by atoms with E-state index in [0.717, 1.165) is 16.1 Å². The first kappa shape index (κ1) is 15.6. The summed E-state index contributed by atoms with van der Waals surface area (Å²) in [4.78, 5) is 12.2. The number of nitrogens with one attached hydrogen (secondary N) is 1. The summed E-state index contributed by atoms with van der Waals surface area (Å²) in [5, 5.41) is 12.2. The van der Waals surface area contributed by atoms with Crippen LogP contribution in [0.1, 0.15) is 42.9 Å². The van der Waals surface area contributed by atoms with Gasteiger partial charge < -0.3 is 5.73 Å². The molecular formula is C15H20N4OS. The van der Waals surface area contributed by atoms with Crippen molar-refractivity contribution in [2.75, 3.05) is 5.32 Å². The maximum atomic E-state index is 12.2. The maximum absolute atomic E-state index is 12.2. The molecule has 6 heteroatoms. The zero-order chi connectivity index (χ0) is 15.6. The van der Waals surface area contributed by atoms with Gasteiger partial charge in [-0.3, -0.25) is 10.1 Å². The van der Waals surface area contributed by atoms with E-state index in [1.807, 2.05) is 31.2 Å². The Morgan fingerprint density at radius 3 is 2.38 bits per heavy atom. The zero-order valence-corrected chi connectivity index (χ0v) is 13.5. The largest absolute Gasteiger partial charge is 0.316 e. The van der Waals surface area contributed by atoms with Crippen LogP contribution in [-0.2, 0) is 10.2 Å². The Kier molecular flexibility index (Phi) is 4.39. The molecule has 0 aliphatic carbocycles. The Morgan fingerprint density at radius 2 is 1.86 bits per heavy atom. The van der Waals surface area contributed by atoms with Crippen molar-refractivity contribution in [3.05, 3.63) is 40.4 Å². The van der Waals surface area contributed by atoms with E-state index in [1.165, 1.54) is 11.3 Å². The normalized spacial score (nSPS) is 13.0. The second-order valence-electron chi connectivity index (χ2n) is 6.04. The molecule has 0 aliphatic rings. The summed E-state index contributed by atoms with van der Waals surface area (Å²) < 4.78 is 0. The number of carbonyl (C=O) groups excluding carboxylic acids is 1. The third kappa shape index (κ3) is 3.86. The van der Waals surface area contributed by atoms with Crippen molar-refractivity contribution < 1.29 is 4.79 Å². The van der Waals surface area contributed by atoms with Gasteiger partial charge in [0.25, 0.3) is 0 Å².